The van der Waals surface area contributed by atoms with Gasteiger partial charge in [0.1, 0.15) is 0 Å². The van der Waals surface area contributed by atoms with E-state index in [1.165, 1.54) is 0 Å². The molecule has 3 aromatic carbocycles. The zero-order chi connectivity index (χ0) is 24.4. The van der Waals surface area contributed by atoms with Crippen LogP contribution in [-0.4, -0.2) is 41.8 Å². The fraction of sp³-hybridized carbons (Fsp3) is 0.207. The molecule has 6 heteroatoms. The molecule has 0 radical (unpaired) electrons. The number of nitrogens with zero attached hydrogens (tertiary/aromatic N) is 2. The number of urea groups is 1. The van der Waals surface area contributed by atoms with Crippen LogP contribution in [0, 0.1) is 5.92 Å². The van der Waals surface area contributed by atoms with Gasteiger partial charge in [-0.15, -0.1) is 0 Å². The average Bonchev–Trinajstić information content (AvgIpc) is 2.99. The van der Waals surface area contributed by atoms with Crippen molar-refractivity contribution < 1.29 is 9.59 Å². The van der Waals surface area contributed by atoms with Crippen LogP contribution in [0.2, 0.25) is 0 Å². The number of rotatable bonds is 4. The van der Waals surface area contributed by atoms with E-state index in [0.29, 0.717) is 0 Å². The number of fused-ring (bicyclic) bond motifs is 2. The zero-order valence-electron chi connectivity index (χ0n) is 19.8. The van der Waals surface area contributed by atoms with Crippen molar-refractivity contribution in [1.29, 1.82) is 0 Å². The van der Waals surface area contributed by atoms with Crippen molar-refractivity contribution in [2.75, 3.05) is 7.05 Å². The highest BCUT2D eigenvalue weighted by molar-refractivity contribution is 6.06. The molecule has 4 unspecified atom stereocenters. The van der Waals surface area contributed by atoms with Gasteiger partial charge in [0, 0.05) is 13.0 Å². The van der Waals surface area contributed by atoms with Gasteiger partial charge in [-0.05, 0) is 28.8 Å². The molecule has 0 fully saturated rings. The van der Waals surface area contributed by atoms with E-state index in [2.05, 4.69) is 16.7 Å². The fourth-order valence-electron chi connectivity index (χ4n) is 4.88. The van der Waals surface area contributed by atoms with Gasteiger partial charge >= 0.3 is 6.03 Å². The lowest BCUT2D eigenvalue weighted by molar-refractivity contribution is -0.132. The predicted molar refractivity (Wildman–Crippen MR) is 139 cm³/mol. The maximum atomic E-state index is 13.4. The number of amides is 3. The first kappa shape index (κ1) is 22.6. The highest BCUT2D eigenvalue weighted by Gasteiger charge is 2.38. The maximum absolute atomic E-state index is 13.4. The first-order valence-electron chi connectivity index (χ1n) is 11.8. The zero-order valence-corrected chi connectivity index (χ0v) is 19.8. The molecule has 3 aromatic rings. The molecule has 35 heavy (non-hydrogen) atoms. The summed E-state index contributed by atoms with van der Waals surface area (Å²) in [5.74, 6) is -0.348. The molecule has 0 bridgehead atoms. The van der Waals surface area contributed by atoms with Crippen LogP contribution in [0.4, 0.5) is 4.79 Å². The van der Waals surface area contributed by atoms with Crippen LogP contribution in [0.3, 0.4) is 0 Å². The van der Waals surface area contributed by atoms with E-state index in [9.17, 15) is 9.59 Å². The van der Waals surface area contributed by atoms with Crippen molar-refractivity contribution in [3.63, 3.8) is 0 Å². The minimum absolute atomic E-state index is 0.0965. The molecule has 1 aliphatic carbocycles. The molecular weight excluding hydrogens is 436 g/mol. The van der Waals surface area contributed by atoms with Gasteiger partial charge in [0.15, 0.2) is 0 Å². The van der Waals surface area contributed by atoms with E-state index in [-0.39, 0.29) is 23.9 Å². The van der Waals surface area contributed by atoms with Crippen LogP contribution in [0.1, 0.15) is 24.1 Å². The van der Waals surface area contributed by atoms with Crippen molar-refractivity contribution in [3.8, 4) is 0 Å². The van der Waals surface area contributed by atoms with Crippen LogP contribution in [-0.2, 0) is 4.79 Å². The molecule has 0 spiro atoms. The summed E-state index contributed by atoms with van der Waals surface area (Å²) < 4.78 is 0. The van der Waals surface area contributed by atoms with E-state index in [1.54, 1.807) is 11.9 Å². The Labute approximate surface area is 205 Å². The Bertz CT molecular complexity index is 1340. The molecule has 1 aliphatic heterocycles. The molecule has 5 rings (SSSR count). The number of aliphatic imine (C=N–C) groups is 1. The average molecular weight is 465 g/mol. The van der Waals surface area contributed by atoms with Crippen LogP contribution < -0.4 is 10.6 Å². The molecular formula is C29H28N4O2. The normalized spacial score (nSPS) is 22.2. The summed E-state index contributed by atoms with van der Waals surface area (Å²) in [6.07, 6.45) is 6.96. The quantitative estimate of drug-likeness (QED) is 0.592. The Kier molecular flexibility index (Phi) is 6.19. The van der Waals surface area contributed by atoms with E-state index in [4.69, 9.17) is 4.99 Å². The van der Waals surface area contributed by atoms with Crippen molar-refractivity contribution >= 4 is 28.4 Å². The first-order valence-corrected chi connectivity index (χ1v) is 11.8. The molecule has 4 atom stereocenters. The number of carbonyl (C=O) groups excluding carboxylic acids is 2. The van der Waals surface area contributed by atoms with Gasteiger partial charge < -0.3 is 15.5 Å². The predicted octanol–water partition coefficient (Wildman–Crippen LogP) is 4.60. The van der Waals surface area contributed by atoms with Crippen LogP contribution in [0.5, 0.6) is 0 Å². The van der Waals surface area contributed by atoms with E-state index in [1.807, 2.05) is 97.9 Å². The van der Waals surface area contributed by atoms with Crippen LogP contribution in [0.25, 0.3) is 10.8 Å². The Hall–Kier alpha value is -4.19. The van der Waals surface area contributed by atoms with Crippen molar-refractivity contribution in [2.24, 2.45) is 10.9 Å². The topological polar surface area (TPSA) is 73.8 Å². The molecule has 3 amide bonds. The molecule has 0 saturated heterocycles. The Balaban J connectivity index is 1.42. The second-order valence-corrected chi connectivity index (χ2v) is 8.93. The molecule has 2 N–H and O–H groups in total. The standard InChI is InChI=1S/C29H28N4O2/c1-19(22-17-10-14-20-11-6-7-15-23(20)22)30-29(35)32-27-28(34)33(2)25-18-9-8-16-24(25)26(31-27)21-12-4-3-5-13-21/h3-19,24-25,27H,1-2H3,(H2,30,32,35). The summed E-state index contributed by atoms with van der Waals surface area (Å²) in [5.41, 5.74) is 2.72. The molecule has 0 aromatic heterocycles. The van der Waals surface area contributed by atoms with Gasteiger partial charge in [-0.2, -0.15) is 0 Å². The number of allylic oxidation sites excluding steroid dienone is 2. The van der Waals surface area contributed by atoms with E-state index in [0.717, 1.165) is 27.6 Å². The number of carbonyl (C=O) groups is 2. The highest BCUT2D eigenvalue weighted by Crippen LogP contribution is 2.27. The molecule has 6 nitrogen and oxygen atoms in total. The fourth-order valence-corrected chi connectivity index (χ4v) is 4.88. The minimum Gasteiger partial charge on any atom is -0.335 e. The Morgan fingerprint density at radius 3 is 2.49 bits per heavy atom. The summed E-state index contributed by atoms with van der Waals surface area (Å²) in [6, 6.07) is 23.1. The highest BCUT2D eigenvalue weighted by atomic mass is 16.2. The molecule has 1 heterocycles. The van der Waals surface area contributed by atoms with Gasteiger partial charge in [-0.1, -0.05) is 97.1 Å². The number of hydrogen-bond donors (Lipinski definition) is 2. The van der Waals surface area contributed by atoms with Gasteiger partial charge in [0.25, 0.3) is 5.91 Å². The lowest BCUT2D eigenvalue weighted by atomic mass is 9.86. The van der Waals surface area contributed by atoms with Gasteiger partial charge in [0.2, 0.25) is 6.17 Å². The third kappa shape index (κ3) is 4.47. The summed E-state index contributed by atoms with van der Waals surface area (Å²) in [4.78, 5) is 32.9. The number of hydrogen-bond acceptors (Lipinski definition) is 3. The largest absolute Gasteiger partial charge is 0.335 e. The van der Waals surface area contributed by atoms with E-state index >= 15 is 0 Å². The van der Waals surface area contributed by atoms with Crippen molar-refractivity contribution in [1.82, 2.24) is 15.5 Å². The number of likely N-dealkylation sites (N-methyl/N-ethyl adjacent to an activating group) is 1. The van der Waals surface area contributed by atoms with Gasteiger partial charge in [-0.25, -0.2) is 4.79 Å². The SMILES string of the molecule is CC(NC(=O)NC1N=C(c2ccccc2)C2C=CC=CC2N(C)C1=O)c1cccc2ccccc12. The van der Waals surface area contributed by atoms with Crippen LogP contribution >= 0.6 is 0 Å². The Morgan fingerprint density at radius 2 is 1.66 bits per heavy atom. The minimum atomic E-state index is -1.03. The second kappa shape index (κ2) is 9.58. The number of benzene rings is 3. The second-order valence-electron chi connectivity index (χ2n) is 8.93. The summed E-state index contributed by atoms with van der Waals surface area (Å²) in [7, 11) is 1.76. The van der Waals surface area contributed by atoms with Gasteiger partial charge in [0.05, 0.1) is 17.8 Å². The smallest absolute Gasteiger partial charge is 0.317 e. The van der Waals surface area contributed by atoms with Crippen molar-refractivity contribution in [2.45, 2.75) is 25.2 Å². The van der Waals surface area contributed by atoms with Gasteiger partial charge in [-0.3, -0.25) is 9.79 Å². The van der Waals surface area contributed by atoms with E-state index < -0.39 is 12.2 Å². The van der Waals surface area contributed by atoms with Crippen LogP contribution in [0.15, 0.2) is 102 Å². The van der Waals surface area contributed by atoms with Crippen molar-refractivity contribution in [3.05, 3.63) is 108 Å². The third-order valence-electron chi connectivity index (χ3n) is 6.69. The summed E-state index contributed by atoms with van der Waals surface area (Å²) >= 11 is 0. The maximum Gasteiger partial charge on any atom is 0.317 e. The molecule has 0 saturated carbocycles. The molecule has 176 valence electrons. The molecule has 2 aliphatic rings. The third-order valence-corrected chi connectivity index (χ3v) is 6.69. The monoisotopic (exact) mass is 464 g/mol. The lowest BCUT2D eigenvalue weighted by Crippen LogP contribution is -2.51. The Morgan fingerprint density at radius 1 is 0.943 bits per heavy atom. The number of nitrogens with one attached hydrogen (secondary N) is 2. The summed E-state index contributed by atoms with van der Waals surface area (Å²) in [6.45, 7) is 1.94. The first-order chi connectivity index (χ1) is 17.0. The summed E-state index contributed by atoms with van der Waals surface area (Å²) in [5, 5.41) is 8.01. The lowest BCUT2D eigenvalue weighted by Gasteiger charge is -2.31.